The Kier molecular flexibility index (Phi) is 8.64. The van der Waals surface area contributed by atoms with Crippen LogP contribution in [-0.2, 0) is 14.3 Å². The molecule has 3 aromatic carbocycles. The van der Waals surface area contributed by atoms with Crippen molar-refractivity contribution in [2.75, 3.05) is 31.8 Å². The lowest BCUT2D eigenvalue weighted by Crippen LogP contribution is -2.66. The zero-order valence-corrected chi connectivity index (χ0v) is 20.7. The zero-order chi connectivity index (χ0) is 27.0. The molecule has 3 aromatic rings. The molecule has 0 aromatic heterocycles. The van der Waals surface area contributed by atoms with E-state index >= 15 is 0 Å². The van der Waals surface area contributed by atoms with Crippen LogP contribution in [0.4, 0.5) is 19.3 Å². The first-order valence-electron chi connectivity index (χ1n) is 11.9. The molecule has 1 fully saturated rings. The second-order valence-corrected chi connectivity index (χ2v) is 8.78. The Balaban J connectivity index is 1.46. The zero-order valence-electron chi connectivity index (χ0n) is 20.7. The summed E-state index contributed by atoms with van der Waals surface area (Å²) in [7, 11) is 1.43. The smallest absolute Gasteiger partial charge is 0.329 e. The molecule has 0 bridgehead atoms. The fraction of sp³-hybridized carbons (Fsp3) is 0.200. The van der Waals surface area contributed by atoms with Crippen LogP contribution in [0.3, 0.4) is 0 Å². The number of nitrogens with one attached hydrogen (secondary N) is 1. The number of amides is 3. The van der Waals surface area contributed by atoms with E-state index in [0.29, 0.717) is 10.5 Å². The van der Waals surface area contributed by atoms with E-state index in [1.165, 1.54) is 7.11 Å². The fourth-order valence-electron chi connectivity index (χ4n) is 4.11. The first-order chi connectivity index (χ1) is 18.4. The number of imide groups is 1. The normalized spacial score (nSPS) is 17.3. The molecular weight excluding hydrogens is 490 g/mol. The first kappa shape index (κ1) is 26.7. The van der Waals surface area contributed by atoms with E-state index in [2.05, 4.69) is 17.2 Å². The maximum absolute atomic E-state index is 15.0. The number of halogens is 2. The molecule has 1 N–H and O–H groups in total. The minimum atomic E-state index is -1.19. The standard InChI is InChI=1S/C30H26F2N2O4/c1-37-20-30(21-38-16-8-13-22-9-4-2-5-10-22)19-27(35)34(29(36)33-30)28-25(31)17-24(18-26(28)32)15-14-23-11-6-3-7-12-23/h2-13,17-18H,16,19-21H2,1H3,(H,33,36)/b13-8+. The van der Waals surface area contributed by atoms with Gasteiger partial charge < -0.3 is 14.8 Å². The maximum atomic E-state index is 15.0. The highest BCUT2D eigenvalue weighted by atomic mass is 19.1. The minimum Gasteiger partial charge on any atom is -0.382 e. The summed E-state index contributed by atoms with van der Waals surface area (Å²) in [5.74, 6) is 2.58. The molecule has 0 aliphatic carbocycles. The van der Waals surface area contributed by atoms with Gasteiger partial charge in [-0.25, -0.2) is 18.5 Å². The van der Waals surface area contributed by atoms with Crippen LogP contribution in [0.2, 0.25) is 0 Å². The Morgan fingerprint density at radius 2 is 1.58 bits per heavy atom. The van der Waals surface area contributed by atoms with E-state index in [4.69, 9.17) is 9.47 Å². The molecule has 0 spiro atoms. The molecule has 1 atom stereocenters. The van der Waals surface area contributed by atoms with E-state index < -0.39 is 34.8 Å². The van der Waals surface area contributed by atoms with E-state index in [9.17, 15) is 18.4 Å². The Hall–Kier alpha value is -4.32. The summed E-state index contributed by atoms with van der Waals surface area (Å²) < 4.78 is 40.9. The van der Waals surface area contributed by atoms with Crippen molar-refractivity contribution < 1.29 is 27.8 Å². The van der Waals surface area contributed by atoms with Gasteiger partial charge in [-0.05, 0) is 29.8 Å². The monoisotopic (exact) mass is 516 g/mol. The van der Waals surface area contributed by atoms with E-state index in [1.54, 1.807) is 24.3 Å². The van der Waals surface area contributed by atoms with Crippen LogP contribution in [0.15, 0.2) is 78.9 Å². The Labute approximate surface area is 219 Å². The van der Waals surface area contributed by atoms with Crippen LogP contribution in [0, 0.1) is 23.5 Å². The molecule has 1 heterocycles. The van der Waals surface area contributed by atoms with Gasteiger partial charge in [0.25, 0.3) is 0 Å². The lowest BCUT2D eigenvalue weighted by Gasteiger charge is -2.40. The van der Waals surface area contributed by atoms with Crippen molar-refractivity contribution in [1.82, 2.24) is 5.32 Å². The number of rotatable bonds is 8. The lowest BCUT2D eigenvalue weighted by atomic mass is 9.94. The number of hydrogen-bond acceptors (Lipinski definition) is 4. The van der Waals surface area contributed by atoms with Crippen LogP contribution in [-0.4, -0.2) is 44.4 Å². The third kappa shape index (κ3) is 6.51. The summed E-state index contributed by atoms with van der Waals surface area (Å²) >= 11 is 0. The number of nitrogens with zero attached hydrogens (tertiary/aromatic N) is 1. The fourth-order valence-corrected chi connectivity index (χ4v) is 4.11. The van der Waals surface area contributed by atoms with Crippen molar-refractivity contribution in [3.63, 3.8) is 0 Å². The maximum Gasteiger partial charge on any atom is 0.329 e. The number of methoxy groups -OCH3 is 1. The number of benzene rings is 3. The molecule has 3 amide bonds. The molecule has 38 heavy (non-hydrogen) atoms. The summed E-state index contributed by atoms with van der Waals surface area (Å²) in [6.45, 7) is 0.160. The van der Waals surface area contributed by atoms with Gasteiger partial charge in [-0.15, -0.1) is 0 Å². The van der Waals surface area contributed by atoms with Crippen LogP contribution in [0.25, 0.3) is 6.08 Å². The second-order valence-electron chi connectivity index (χ2n) is 8.78. The lowest BCUT2D eigenvalue weighted by molar-refractivity contribution is -0.122. The molecule has 8 heteroatoms. The van der Waals surface area contributed by atoms with Crippen molar-refractivity contribution in [2.24, 2.45) is 0 Å². The summed E-state index contributed by atoms with van der Waals surface area (Å²) in [6, 6.07) is 19.6. The molecule has 4 rings (SSSR count). The van der Waals surface area contributed by atoms with Gasteiger partial charge in [0.05, 0.1) is 31.8 Å². The van der Waals surface area contributed by atoms with Gasteiger partial charge >= 0.3 is 6.03 Å². The average molecular weight is 517 g/mol. The van der Waals surface area contributed by atoms with Crippen molar-refractivity contribution in [3.05, 3.63) is 107 Å². The molecular formula is C30H26F2N2O4. The third-order valence-electron chi connectivity index (χ3n) is 5.80. The largest absolute Gasteiger partial charge is 0.382 e. The predicted molar refractivity (Wildman–Crippen MR) is 140 cm³/mol. The molecule has 1 aliphatic rings. The van der Waals surface area contributed by atoms with Gasteiger partial charge in [-0.2, -0.15) is 0 Å². The summed E-state index contributed by atoms with van der Waals surface area (Å²) in [5, 5.41) is 2.66. The second kappa shape index (κ2) is 12.3. The average Bonchev–Trinajstić information content (AvgIpc) is 2.90. The molecule has 6 nitrogen and oxygen atoms in total. The SMILES string of the molecule is COCC1(COC/C=C/c2ccccc2)CC(=O)N(c2c(F)cc(C#Cc3ccccc3)cc2F)C(=O)N1. The minimum absolute atomic E-state index is 0.0281. The van der Waals surface area contributed by atoms with E-state index in [-0.39, 0.29) is 31.8 Å². The van der Waals surface area contributed by atoms with Gasteiger partial charge in [0, 0.05) is 18.2 Å². The number of carbonyl (C=O) groups excluding carboxylic acids is 2. The Morgan fingerprint density at radius 3 is 2.21 bits per heavy atom. The topological polar surface area (TPSA) is 67.9 Å². The third-order valence-corrected chi connectivity index (χ3v) is 5.80. The van der Waals surface area contributed by atoms with Gasteiger partial charge in [-0.3, -0.25) is 4.79 Å². The molecule has 1 unspecified atom stereocenters. The molecule has 0 radical (unpaired) electrons. The number of ether oxygens (including phenoxy) is 2. The van der Waals surface area contributed by atoms with Crippen molar-refractivity contribution in [3.8, 4) is 11.8 Å². The van der Waals surface area contributed by atoms with Gasteiger partial charge in [0.1, 0.15) is 5.69 Å². The van der Waals surface area contributed by atoms with E-state index in [0.717, 1.165) is 17.7 Å². The predicted octanol–water partition coefficient (Wildman–Crippen LogP) is 4.93. The highest BCUT2D eigenvalue weighted by molar-refractivity contribution is 6.16. The Bertz CT molecular complexity index is 1340. The quantitative estimate of drug-likeness (QED) is 0.341. The van der Waals surface area contributed by atoms with Gasteiger partial charge in [0.2, 0.25) is 5.91 Å². The molecule has 1 aliphatic heterocycles. The van der Waals surface area contributed by atoms with Crippen LogP contribution in [0.5, 0.6) is 0 Å². The summed E-state index contributed by atoms with van der Waals surface area (Å²) in [5.41, 5.74) is -0.192. The molecule has 0 saturated carbocycles. The van der Waals surface area contributed by atoms with Crippen molar-refractivity contribution >= 4 is 23.7 Å². The van der Waals surface area contributed by atoms with Crippen molar-refractivity contribution in [1.29, 1.82) is 0 Å². The van der Waals surface area contributed by atoms with Crippen LogP contribution >= 0.6 is 0 Å². The number of anilines is 1. The number of hydrogen-bond donors (Lipinski definition) is 1. The molecule has 1 saturated heterocycles. The summed E-state index contributed by atoms with van der Waals surface area (Å²) in [6.07, 6.45) is 3.42. The van der Waals surface area contributed by atoms with Gasteiger partial charge in [-0.1, -0.05) is 72.5 Å². The van der Waals surface area contributed by atoms with Crippen LogP contribution in [0.1, 0.15) is 23.1 Å². The number of urea groups is 1. The highest BCUT2D eigenvalue weighted by Gasteiger charge is 2.45. The first-order valence-corrected chi connectivity index (χ1v) is 11.9. The van der Waals surface area contributed by atoms with Gasteiger partial charge in [0.15, 0.2) is 11.6 Å². The van der Waals surface area contributed by atoms with Crippen molar-refractivity contribution in [2.45, 2.75) is 12.0 Å². The summed E-state index contributed by atoms with van der Waals surface area (Å²) in [4.78, 5) is 26.5. The Morgan fingerprint density at radius 1 is 0.947 bits per heavy atom. The van der Waals surface area contributed by atoms with E-state index in [1.807, 2.05) is 48.6 Å². The number of carbonyl (C=O) groups is 2. The highest BCUT2D eigenvalue weighted by Crippen LogP contribution is 2.30. The van der Waals surface area contributed by atoms with Crippen LogP contribution < -0.4 is 10.2 Å². The molecule has 194 valence electrons.